The Balaban J connectivity index is 1.38. The molecule has 1 aliphatic rings. The number of amides is 3. The quantitative estimate of drug-likeness (QED) is 0.461. The number of rotatable bonds is 4. The molecule has 9 heteroatoms. The largest absolute Gasteiger partial charge is 0.346 e. The number of carbonyl (C=O) groups is 2. The summed E-state index contributed by atoms with van der Waals surface area (Å²) < 4.78 is 5.41. The van der Waals surface area contributed by atoms with E-state index in [1.165, 1.54) is 0 Å². The zero-order chi connectivity index (χ0) is 20.0. The second kappa shape index (κ2) is 6.26. The topological polar surface area (TPSA) is 126 Å². The van der Waals surface area contributed by atoms with E-state index >= 15 is 0 Å². The lowest BCUT2D eigenvalue weighted by molar-refractivity contribution is -0.123. The fourth-order valence-corrected chi connectivity index (χ4v) is 3.46. The summed E-state index contributed by atoms with van der Waals surface area (Å²) in [5.74, 6) is 0.558. The summed E-state index contributed by atoms with van der Waals surface area (Å²) in [6.45, 7) is 1.66. The van der Waals surface area contributed by atoms with Gasteiger partial charge in [-0.1, -0.05) is 29.4 Å². The normalized spacial score (nSPS) is 18.8. The molecule has 144 valence electrons. The van der Waals surface area contributed by atoms with Gasteiger partial charge in [0.1, 0.15) is 11.2 Å². The summed E-state index contributed by atoms with van der Waals surface area (Å²) in [6.07, 6.45) is 4.11. The van der Waals surface area contributed by atoms with Crippen LogP contribution in [0.3, 0.4) is 0 Å². The number of imide groups is 1. The van der Waals surface area contributed by atoms with Crippen LogP contribution in [0.15, 0.2) is 53.3 Å². The summed E-state index contributed by atoms with van der Waals surface area (Å²) in [5.41, 5.74) is 2.16. The van der Waals surface area contributed by atoms with Crippen LogP contribution in [-0.4, -0.2) is 32.0 Å². The minimum atomic E-state index is -1.10. The van der Waals surface area contributed by atoms with E-state index < -0.39 is 11.6 Å². The lowest BCUT2D eigenvalue weighted by Crippen LogP contribution is -2.40. The third-order valence-electron chi connectivity index (χ3n) is 5.11. The van der Waals surface area contributed by atoms with Gasteiger partial charge in [-0.25, -0.2) is 9.78 Å². The van der Waals surface area contributed by atoms with Gasteiger partial charge in [-0.05, 0) is 30.2 Å². The van der Waals surface area contributed by atoms with E-state index in [4.69, 9.17) is 4.52 Å². The Bertz CT molecular complexity index is 1240. The van der Waals surface area contributed by atoms with Crippen LogP contribution in [0.25, 0.3) is 22.4 Å². The number of H-pyrrole nitrogens is 1. The number of hydrogen-bond acceptors (Lipinski definition) is 6. The number of hydrogen-bond donors (Lipinski definition) is 3. The number of benzene rings is 1. The standard InChI is InChI=1S/C20H16N6O3/c1-20(18(27)24-19(28)25-20)13-6-4-11(5-7-13)16-23-15(29-26-16)9-12-10-22-17-14(12)3-2-8-21-17/h2-8,10H,9H2,1H3,(H,21,22)(H2,24,25,27,28). The molecule has 0 saturated carbocycles. The number of nitrogens with zero attached hydrogens (tertiary/aromatic N) is 3. The molecule has 4 heterocycles. The second-order valence-corrected chi connectivity index (χ2v) is 7.01. The SMILES string of the molecule is CC1(c2ccc(-c3noc(Cc4c[nH]c5ncccc45)n3)cc2)NC(=O)NC1=O. The number of urea groups is 1. The van der Waals surface area contributed by atoms with Crippen molar-refractivity contribution in [1.29, 1.82) is 0 Å². The first-order valence-corrected chi connectivity index (χ1v) is 9.01. The summed E-state index contributed by atoms with van der Waals surface area (Å²) in [4.78, 5) is 35.4. The number of nitrogens with one attached hydrogen (secondary N) is 3. The highest BCUT2D eigenvalue weighted by Crippen LogP contribution is 2.27. The van der Waals surface area contributed by atoms with Gasteiger partial charge < -0.3 is 14.8 Å². The maximum Gasteiger partial charge on any atom is 0.322 e. The molecule has 1 unspecified atom stereocenters. The molecule has 4 aromatic rings. The molecule has 0 spiro atoms. The second-order valence-electron chi connectivity index (χ2n) is 7.01. The molecule has 0 bridgehead atoms. The van der Waals surface area contributed by atoms with E-state index in [9.17, 15) is 9.59 Å². The van der Waals surface area contributed by atoms with Crippen molar-refractivity contribution in [2.45, 2.75) is 18.9 Å². The molecule has 0 aliphatic carbocycles. The molecule has 3 aromatic heterocycles. The van der Waals surface area contributed by atoms with Crippen molar-refractivity contribution in [3.63, 3.8) is 0 Å². The summed E-state index contributed by atoms with van der Waals surface area (Å²) in [6, 6.07) is 10.5. The van der Waals surface area contributed by atoms with Crippen LogP contribution in [0.4, 0.5) is 4.79 Å². The molecule has 5 rings (SSSR count). The lowest BCUT2D eigenvalue weighted by atomic mass is 9.91. The Morgan fingerprint density at radius 2 is 1.97 bits per heavy atom. The molecule has 1 saturated heterocycles. The number of carbonyl (C=O) groups excluding carboxylic acids is 2. The van der Waals surface area contributed by atoms with Crippen molar-refractivity contribution < 1.29 is 14.1 Å². The number of fused-ring (bicyclic) bond motifs is 1. The van der Waals surface area contributed by atoms with Gasteiger partial charge in [0.15, 0.2) is 0 Å². The Labute approximate surface area is 164 Å². The fourth-order valence-electron chi connectivity index (χ4n) is 3.46. The zero-order valence-electron chi connectivity index (χ0n) is 15.4. The molecular weight excluding hydrogens is 372 g/mol. The van der Waals surface area contributed by atoms with Crippen molar-refractivity contribution in [3.8, 4) is 11.4 Å². The first-order chi connectivity index (χ1) is 14.0. The van der Waals surface area contributed by atoms with Gasteiger partial charge >= 0.3 is 6.03 Å². The van der Waals surface area contributed by atoms with Crippen LogP contribution in [0.1, 0.15) is 23.9 Å². The van der Waals surface area contributed by atoms with Crippen molar-refractivity contribution in [3.05, 3.63) is 65.8 Å². The van der Waals surface area contributed by atoms with Crippen molar-refractivity contribution in [2.75, 3.05) is 0 Å². The van der Waals surface area contributed by atoms with Gasteiger partial charge in [0.05, 0.1) is 6.42 Å². The van der Waals surface area contributed by atoms with E-state index in [1.54, 1.807) is 37.4 Å². The van der Waals surface area contributed by atoms with Gasteiger partial charge in [0.25, 0.3) is 5.91 Å². The van der Waals surface area contributed by atoms with Gasteiger partial charge in [0, 0.05) is 23.3 Å². The molecule has 3 N–H and O–H groups in total. The average molecular weight is 388 g/mol. The third-order valence-corrected chi connectivity index (χ3v) is 5.11. The summed E-state index contributed by atoms with van der Waals surface area (Å²) >= 11 is 0. The van der Waals surface area contributed by atoms with Crippen molar-refractivity contribution >= 4 is 23.0 Å². The molecule has 9 nitrogen and oxygen atoms in total. The first kappa shape index (κ1) is 17.1. The Morgan fingerprint density at radius 3 is 2.72 bits per heavy atom. The van der Waals surface area contributed by atoms with Gasteiger partial charge in [-0.3, -0.25) is 10.1 Å². The van der Waals surface area contributed by atoms with E-state index in [-0.39, 0.29) is 5.91 Å². The molecule has 1 atom stereocenters. The Hall–Kier alpha value is -4.01. The number of aromatic amines is 1. The Morgan fingerprint density at radius 1 is 1.14 bits per heavy atom. The summed E-state index contributed by atoms with van der Waals surface area (Å²) in [7, 11) is 0. The minimum absolute atomic E-state index is 0.384. The lowest BCUT2D eigenvalue weighted by Gasteiger charge is -2.20. The monoisotopic (exact) mass is 388 g/mol. The van der Waals surface area contributed by atoms with Crippen molar-refractivity contribution in [2.24, 2.45) is 0 Å². The van der Waals surface area contributed by atoms with Crippen LogP contribution in [0, 0.1) is 0 Å². The third kappa shape index (κ3) is 2.83. The van der Waals surface area contributed by atoms with Crippen LogP contribution in [0.2, 0.25) is 0 Å². The van der Waals surface area contributed by atoms with Crippen molar-refractivity contribution in [1.82, 2.24) is 30.7 Å². The summed E-state index contributed by atoms with van der Waals surface area (Å²) in [5, 5.41) is 9.97. The van der Waals surface area contributed by atoms with Gasteiger partial charge in [-0.2, -0.15) is 4.98 Å². The highest BCUT2D eigenvalue weighted by atomic mass is 16.5. The van der Waals surface area contributed by atoms with Crippen LogP contribution >= 0.6 is 0 Å². The number of aromatic nitrogens is 4. The molecule has 1 aliphatic heterocycles. The molecule has 1 fully saturated rings. The van der Waals surface area contributed by atoms with Gasteiger partial charge in [0.2, 0.25) is 11.7 Å². The zero-order valence-corrected chi connectivity index (χ0v) is 15.4. The maximum atomic E-state index is 12.1. The van der Waals surface area contributed by atoms with E-state index in [0.29, 0.717) is 23.7 Å². The van der Waals surface area contributed by atoms with E-state index in [2.05, 4.69) is 30.7 Å². The molecular formula is C20H16N6O3. The predicted octanol–water partition coefficient (Wildman–Crippen LogP) is 2.26. The average Bonchev–Trinajstić information content (AvgIpc) is 3.42. The van der Waals surface area contributed by atoms with E-state index in [0.717, 1.165) is 22.2 Å². The van der Waals surface area contributed by atoms with Crippen LogP contribution < -0.4 is 10.6 Å². The predicted molar refractivity (Wildman–Crippen MR) is 103 cm³/mol. The Kier molecular flexibility index (Phi) is 3.70. The minimum Gasteiger partial charge on any atom is -0.346 e. The molecule has 3 amide bonds. The van der Waals surface area contributed by atoms with Gasteiger partial charge in [-0.15, -0.1) is 0 Å². The smallest absolute Gasteiger partial charge is 0.322 e. The highest BCUT2D eigenvalue weighted by Gasteiger charge is 2.43. The molecule has 1 aromatic carbocycles. The first-order valence-electron chi connectivity index (χ1n) is 9.01. The number of pyridine rings is 1. The van der Waals surface area contributed by atoms with E-state index in [1.807, 2.05) is 18.3 Å². The molecule has 0 radical (unpaired) electrons. The molecule has 29 heavy (non-hydrogen) atoms. The van der Waals surface area contributed by atoms with Crippen LogP contribution in [-0.2, 0) is 16.8 Å². The fraction of sp³-hybridized carbons (Fsp3) is 0.150. The maximum absolute atomic E-state index is 12.1. The van der Waals surface area contributed by atoms with Crippen LogP contribution in [0.5, 0.6) is 0 Å². The highest BCUT2D eigenvalue weighted by molar-refractivity contribution is 6.07.